The first-order valence-corrected chi connectivity index (χ1v) is 9.07. The fourth-order valence-electron chi connectivity index (χ4n) is 3.04. The molecule has 0 spiro atoms. The molecule has 0 saturated heterocycles. The summed E-state index contributed by atoms with van der Waals surface area (Å²) in [6, 6.07) is 6.80. The number of halogens is 1. The Bertz CT molecular complexity index is 1100. The van der Waals surface area contributed by atoms with E-state index in [0.29, 0.717) is 22.2 Å². The molecule has 0 bridgehead atoms. The van der Waals surface area contributed by atoms with E-state index >= 15 is 4.39 Å². The number of nitrogens with one attached hydrogen (secondary N) is 1. The van der Waals surface area contributed by atoms with Crippen molar-refractivity contribution in [1.29, 1.82) is 5.26 Å². The molecule has 0 unspecified atom stereocenters. The number of rotatable bonds is 3. The number of ether oxygens (including phenoxy) is 1. The van der Waals surface area contributed by atoms with Crippen LogP contribution in [0.4, 0.5) is 9.18 Å². The summed E-state index contributed by atoms with van der Waals surface area (Å²) in [7, 11) is 1.59. The number of aryl methyl sites for hydroxylation is 1. The number of nitriles is 1. The Morgan fingerprint density at radius 3 is 2.69 bits per heavy atom. The summed E-state index contributed by atoms with van der Waals surface area (Å²) in [4.78, 5) is 18.0. The van der Waals surface area contributed by atoms with Crippen LogP contribution in [0.25, 0.3) is 22.3 Å². The Morgan fingerprint density at radius 1 is 1.34 bits per heavy atom. The van der Waals surface area contributed by atoms with Gasteiger partial charge in [0.05, 0.1) is 23.0 Å². The Kier molecular flexibility index (Phi) is 5.25. The summed E-state index contributed by atoms with van der Waals surface area (Å²) >= 11 is 0. The first-order valence-electron chi connectivity index (χ1n) is 9.07. The maximum absolute atomic E-state index is 15.1. The van der Waals surface area contributed by atoms with Crippen molar-refractivity contribution in [2.24, 2.45) is 0 Å². The van der Waals surface area contributed by atoms with E-state index < -0.39 is 17.5 Å². The monoisotopic (exact) mass is 395 g/mol. The van der Waals surface area contributed by atoms with E-state index in [1.165, 1.54) is 17.2 Å². The number of carbonyl (C=O) groups is 1. The minimum absolute atomic E-state index is 0.187. The predicted molar refractivity (Wildman–Crippen MR) is 106 cm³/mol. The lowest BCUT2D eigenvalue weighted by Crippen LogP contribution is -2.33. The van der Waals surface area contributed by atoms with Gasteiger partial charge in [0.25, 0.3) is 0 Å². The second kappa shape index (κ2) is 7.51. The number of aromatic nitrogens is 3. The van der Waals surface area contributed by atoms with Crippen LogP contribution in [-0.2, 0) is 11.3 Å². The molecule has 0 fully saturated rings. The lowest BCUT2D eigenvalue weighted by molar-refractivity contribution is 0.0285. The van der Waals surface area contributed by atoms with E-state index in [1.54, 1.807) is 46.9 Å². The molecular formula is C21H22FN5O2. The van der Waals surface area contributed by atoms with Crippen molar-refractivity contribution in [3.63, 3.8) is 0 Å². The molecule has 150 valence electrons. The minimum Gasteiger partial charge on any atom is -0.444 e. The molecule has 3 rings (SSSR count). The van der Waals surface area contributed by atoms with Gasteiger partial charge in [-0.15, -0.1) is 0 Å². The second-order valence-electron chi connectivity index (χ2n) is 7.91. The number of carbonyl (C=O) groups excluding carboxylic acids is 1. The maximum atomic E-state index is 15.1. The van der Waals surface area contributed by atoms with Gasteiger partial charge in [-0.25, -0.2) is 14.2 Å². The SMILES string of the molecule is Cc1cc(CN(C)C(=O)OC(C)(C)C)cc(F)c1-c1nc2cn[nH]c2cc1C#N. The molecule has 0 saturated carbocycles. The number of hydrogen-bond donors (Lipinski definition) is 1. The first kappa shape index (κ1) is 20.3. The number of hydrogen-bond acceptors (Lipinski definition) is 5. The zero-order chi connectivity index (χ0) is 21.3. The van der Waals surface area contributed by atoms with E-state index in [9.17, 15) is 10.1 Å². The van der Waals surface area contributed by atoms with Gasteiger partial charge in [0.15, 0.2) is 0 Å². The van der Waals surface area contributed by atoms with Gasteiger partial charge in [0.1, 0.15) is 23.0 Å². The highest BCUT2D eigenvalue weighted by Gasteiger charge is 2.21. The summed E-state index contributed by atoms with van der Waals surface area (Å²) < 4.78 is 20.4. The molecule has 0 aliphatic carbocycles. The zero-order valence-corrected chi connectivity index (χ0v) is 17.0. The normalized spacial score (nSPS) is 11.3. The minimum atomic E-state index is -0.610. The Labute approximate surface area is 168 Å². The van der Waals surface area contributed by atoms with E-state index in [1.807, 2.05) is 0 Å². The number of amides is 1. The van der Waals surface area contributed by atoms with Crippen LogP contribution >= 0.6 is 0 Å². The van der Waals surface area contributed by atoms with Crippen LogP contribution in [0.1, 0.15) is 37.5 Å². The number of benzene rings is 1. The molecule has 29 heavy (non-hydrogen) atoms. The first-order chi connectivity index (χ1) is 13.6. The average molecular weight is 395 g/mol. The molecule has 2 heterocycles. The van der Waals surface area contributed by atoms with E-state index in [2.05, 4.69) is 21.3 Å². The van der Waals surface area contributed by atoms with Crippen molar-refractivity contribution < 1.29 is 13.9 Å². The van der Waals surface area contributed by atoms with Crippen LogP contribution in [-0.4, -0.2) is 38.8 Å². The lowest BCUT2D eigenvalue weighted by atomic mass is 9.98. The van der Waals surface area contributed by atoms with Crippen LogP contribution in [0.2, 0.25) is 0 Å². The smallest absolute Gasteiger partial charge is 0.410 e. The van der Waals surface area contributed by atoms with Gasteiger partial charge in [0.2, 0.25) is 0 Å². The van der Waals surface area contributed by atoms with Gasteiger partial charge in [0, 0.05) is 19.2 Å². The maximum Gasteiger partial charge on any atom is 0.410 e. The van der Waals surface area contributed by atoms with Crippen molar-refractivity contribution in [2.75, 3.05) is 7.05 Å². The van der Waals surface area contributed by atoms with Crippen LogP contribution in [0.5, 0.6) is 0 Å². The Balaban J connectivity index is 1.95. The molecular weight excluding hydrogens is 373 g/mol. The van der Waals surface area contributed by atoms with Crippen LogP contribution in [0.3, 0.4) is 0 Å². The molecule has 0 atom stereocenters. The molecule has 8 heteroatoms. The predicted octanol–water partition coefficient (Wildman–Crippen LogP) is 4.31. The molecule has 1 N–H and O–H groups in total. The van der Waals surface area contributed by atoms with E-state index in [4.69, 9.17) is 4.74 Å². The second-order valence-corrected chi connectivity index (χ2v) is 7.91. The van der Waals surface area contributed by atoms with Crippen LogP contribution in [0.15, 0.2) is 24.4 Å². The topological polar surface area (TPSA) is 94.9 Å². The summed E-state index contributed by atoms with van der Waals surface area (Å²) in [5, 5.41) is 16.1. The number of nitrogens with zero attached hydrogens (tertiary/aromatic N) is 4. The van der Waals surface area contributed by atoms with Crippen molar-refractivity contribution in [1.82, 2.24) is 20.1 Å². The van der Waals surface area contributed by atoms with Gasteiger partial charge in [-0.05, 0) is 51.0 Å². The molecule has 7 nitrogen and oxygen atoms in total. The highest BCUT2D eigenvalue weighted by Crippen LogP contribution is 2.31. The van der Waals surface area contributed by atoms with Crippen LogP contribution in [0, 0.1) is 24.1 Å². The third-order valence-corrected chi connectivity index (χ3v) is 4.25. The largest absolute Gasteiger partial charge is 0.444 e. The zero-order valence-electron chi connectivity index (χ0n) is 17.0. The van der Waals surface area contributed by atoms with Gasteiger partial charge in [-0.2, -0.15) is 10.4 Å². The summed E-state index contributed by atoms with van der Waals surface area (Å²) in [5.74, 6) is -0.510. The summed E-state index contributed by atoms with van der Waals surface area (Å²) in [5.41, 5.74) is 2.55. The summed E-state index contributed by atoms with van der Waals surface area (Å²) in [6.07, 6.45) is 1.04. The number of aromatic amines is 1. The molecule has 3 aromatic rings. The molecule has 1 amide bonds. The fourth-order valence-corrected chi connectivity index (χ4v) is 3.04. The van der Waals surface area contributed by atoms with Crippen molar-refractivity contribution in [3.8, 4) is 17.3 Å². The molecule has 0 aliphatic heterocycles. The quantitative estimate of drug-likeness (QED) is 0.713. The number of pyridine rings is 1. The molecule has 0 aliphatic rings. The van der Waals surface area contributed by atoms with Crippen molar-refractivity contribution in [2.45, 2.75) is 39.8 Å². The van der Waals surface area contributed by atoms with Gasteiger partial charge in [-0.1, -0.05) is 6.07 Å². The highest BCUT2D eigenvalue weighted by atomic mass is 19.1. The Hall–Kier alpha value is -3.47. The van der Waals surface area contributed by atoms with Gasteiger partial charge < -0.3 is 9.64 Å². The van der Waals surface area contributed by atoms with E-state index in [0.717, 1.165) is 0 Å². The number of fused-ring (bicyclic) bond motifs is 1. The average Bonchev–Trinajstić information content (AvgIpc) is 3.06. The van der Waals surface area contributed by atoms with Gasteiger partial charge >= 0.3 is 6.09 Å². The standard InChI is InChI=1S/C21H22FN5O2/c1-12-6-13(11-27(5)20(28)29-21(2,3)4)7-15(22)18(12)19-14(9-23)8-16-17(25-19)10-24-26-16/h6-8,10H,11H2,1-5H3,(H,24,26). The van der Waals surface area contributed by atoms with Crippen molar-refractivity contribution >= 4 is 17.1 Å². The Morgan fingerprint density at radius 2 is 2.07 bits per heavy atom. The molecule has 1 aromatic carbocycles. The summed E-state index contributed by atoms with van der Waals surface area (Å²) in [6.45, 7) is 7.29. The third kappa shape index (κ3) is 4.35. The lowest BCUT2D eigenvalue weighted by Gasteiger charge is -2.25. The van der Waals surface area contributed by atoms with E-state index in [-0.39, 0.29) is 23.4 Å². The third-order valence-electron chi connectivity index (χ3n) is 4.25. The van der Waals surface area contributed by atoms with Gasteiger partial charge in [-0.3, -0.25) is 5.10 Å². The van der Waals surface area contributed by atoms with Crippen LogP contribution < -0.4 is 0 Å². The number of H-pyrrole nitrogens is 1. The van der Waals surface area contributed by atoms with Crippen molar-refractivity contribution in [3.05, 3.63) is 46.9 Å². The molecule has 2 aromatic heterocycles. The fraction of sp³-hybridized carbons (Fsp3) is 0.333. The molecule has 0 radical (unpaired) electrons. The highest BCUT2D eigenvalue weighted by molar-refractivity contribution is 5.82.